The number of hydrogen-bond acceptors (Lipinski definition) is 3. The fraction of sp³-hybridized carbons (Fsp3) is 0.909. The van der Waals surface area contributed by atoms with E-state index in [4.69, 9.17) is 0 Å². The molecule has 0 heterocycles. The van der Waals surface area contributed by atoms with Crippen molar-refractivity contribution in [2.75, 3.05) is 6.61 Å². The molecule has 0 bridgehead atoms. The van der Waals surface area contributed by atoms with Crippen LogP contribution in [0.5, 0.6) is 0 Å². The number of aliphatic hydroxyl groups is 1. The van der Waals surface area contributed by atoms with Crippen LogP contribution in [0.15, 0.2) is 0 Å². The molecule has 0 aromatic rings. The highest BCUT2D eigenvalue weighted by Gasteiger charge is 2.44. The second-order valence-corrected chi connectivity index (χ2v) is 4.86. The van der Waals surface area contributed by atoms with Gasteiger partial charge in [0.15, 0.2) is 0 Å². The molecule has 0 aliphatic rings. The van der Waals surface area contributed by atoms with Crippen molar-refractivity contribution in [3.05, 3.63) is 0 Å². The first-order valence-electron chi connectivity index (χ1n) is 5.69. The maximum atomic E-state index is 13.8. The Labute approximate surface area is 104 Å². The first-order valence-corrected chi connectivity index (χ1v) is 6.49. The normalized spacial score (nSPS) is 16.6. The van der Waals surface area contributed by atoms with Gasteiger partial charge >= 0.3 is 5.97 Å². The van der Waals surface area contributed by atoms with E-state index in [-0.39, 0.29) is 13.0 Å². The van der Waals surface area contributed by atoms with E-state index in [9.17, 15) is 14.3 Å². The van der Waals surface area contributed by atoms with Crippen molar-refractivity contribution in [3.63, 3.8) is 0 Å². The van der Waals surface area contributed by atoms with Crippen molar-refractivity contribution < 1.29 is 19.0 Å². The van der Waals surface area contributed by atoms with Crippen LogP contribution in [0.2, 0.25) is 0 Å². The van der Waals surface area contributed by atoms with Gasteiger partial charge in [-0.1, -0.05) is 32.6 Å². The van der Waals surface area contributed by atoms with Crippen LogP contribution < -0.4 is 0 Å². The summed E-state index contributed by atoms with van der Waals surface area (Å²) < 4.78 is 15.8. The second-order valence-electron chi connectivity index (χ2n) is 3.71. The number of aliphatic hydroxyl groups excluding tert-OH is 1. The molecule has 0 fully saturated rings. The zero-order valence-corrected chi connectivity index (χ0v) is 11.4. The summed E-state index contributed by atoms with van der Waals surface area (Å²) >= 11 is 2.59. The molecule has 0 aliphatic heterocycles. The third kappa shape index (κ3) is 5.25. The zero-order valence-electron chi connectivity index (χ0n) is 9.84. The van der Waals surface area contributed by atoms with Crippen molar-refractivity contribution in [2.45, 2.75) is 56.6 Å². The number of rotatable bonds is 8. The van der Waals surface area contributed by atoms with Gasteiger partial charge in [0.1, 0.15) is 6.10 Å². The lowest BCUT2D eigenvalue weighted by Crippen LogP contribution is -2.41. The Kier molecular flexibility index (Phi) is 7.93. The molecule has 0 saturated heterocycles. The summed E-state index contributed by atoms with van der Waals surface area (Å²) in [6.45, 7) is 3.76. The second kappa shape index (κ2) is 8.01. The minimum absolute atomic E-state index is 0.0959. The number of halogens is 2. The van der Waals surface area contributed by atoms with E-state index in [0.29, 0.717) is 6.42 Å². The molecule has 0 spiro atoms. The van der Waals surface area contributed by atoms with Crippen molar-refractivity contribution >= 4 is 21.9 Å². The molecule has 0 aromatic carbocycles. The third-order valence-electron chi connectivity index (χ3n) is 2.30. The number of hydrogen-bond donors (Lipinski definition) is 1. The number of alkyl halides is 2. The average molecular weight is 299 g/mol. The maximum absolute atomic E-state index is 13.8. The van der Waals surface area contributed by atoms with Crippen molar-refractivity contribution in [3.8, 4) is 0 Å². The Morgan fingerprint density at radius 2 is 2.06 bits per heavy atom. The van der Waals surface area contributed by atoms with Gasteiger partial charge in [0, 0.05) is 0 Å². The molecule has 96 valence electrons. The molecule has 1 N–H and O–H groups in total. The van der Waals surface area contributed by atoms with Gasteiger partial charge in [0.05, 0.1) is 6.61 Å². The van der Waals surface area contributed by atoms with Crippen LogP contribution in [0.1, 0.15) is 46.0 Å². The van der Waals surface area contributed by atoms with Gasteiger partial charge in [0.25, 0.3) is 4.58 Å². The largest absolute Gasteiger partial charge is 0.463 e. The van der Waals surface area contributed by atoms with Gasteiger partial charge in [-0.15, -0.1) is 0 Å². The smallest absolute Gasteiger partial charge is 0.357 e. The standard InChI is InChI=1S/C11H20BrFO3/c1-3-5-6-7-8-9(14)11(12,13)10(15)16-4-2/h9,14H,3-8H2,1-2H3/t9-,11-/m0/s1. The molecule has 16 heavy (non-hydrogen) atoms. The van der Waals surface area contributed by atoms with Crippen LogP contribution in [-0.2, 0) is 9.53 Å². The highest BCUT2D eigenvalue weighted by molar-refractivity contribution is 9.10. The summed E-state index contributed by atoms with van der Waals surface area (Å²) in [5.74, 6) is -1.06. The number of ether oxygens (including phenoxy) is 1. The molecule has 0 aromatic heterocycles. The third-order valence-corrected chi connectivity index (χ3v) is 3.15. The summed E-state index contributed by atoms with van der Waals surface area (Å²) in [6.07, 6.45) is 2.64. The van der Waals surface area contributed by atoms with Crippen LogP contribution in [0.3, 0.4) is 0 Å². The lowest BCUT2D eigenvalue weighted by molar-refractivity contribution is -0.156. The van der Waals surface area contributed by atoms with E-state index in [2.05, 4.69) is 27.6 Å². The number of unbranched alkanes of at least 4 members (excludes halogenated alkanes) is 3. The predicted molar refractivity (Wildman–Crippen MR) is 64.2 cm³/mol. The summed E-state index contributed by atoms with van der Waals surface area (Å²) in [5.41, 5.74) is 0. The Bertz CT molecular complexity index is 209. The topological polar surface area (TPSA) is 46.5 Å². The van der Waals surface area contributed by atoms with Crippen molar-refractivity contribution in [1.82, 2.24) is 0 Å². The maximum Gasteiger partial charge on any atom is 0.357 e. The monoisotopic (exact) mass is 298 g/mol. The quantitative estimate of drug-likeness (QED) is 0.426. The minimum atomic E-state index is -2.48. The van der Waals surface area contributed by atoms with Crippen LogP contribution in [-0.4, -0.2) is 28.4 Å². The Morgan fingerprint density at radius 1 is 1.44 bits per heavy atom. The molecule has 0 saturated carbocycles. The Morgan fingerprint density at radius 3 is 2.56 bits per heavy atom. The van der Waals surface area contributed by atoms with E-state index >= 15 is 0 Å². The lowest BCUT2D eigenvalue weighted by Gasteiger charge is -2.22. The van der Waals surface area contributed by atoms with E-state index in [1.165, 1.54) is 0 Å². The zero-order chi connectivity index (χ0) is 12.6. The predicted octanol–water partition coefficient (Wildman–Crippen LogP) is 2.94. The Balaban J connectivity index is 4.03. The first kappa shape index (κ1) is 15.8. The Hall–Kier alpha value is -0.160. The number of carbonyl (C=O) groups excluding carboxylic acids is 1. The highest BCUT2D eigenvalue weighted by Crippen LogP contribution is 2.29. The number of carbonyl (C=O) groups is 1. The molecule has 0 aliphatic carbocycles. The van der Waals surface area contributed by atoms with E-state index in [1.54, 1.807) is 6.92 Å². The molecule has 0 unspecified atom stereocenters. The molecule has 2 atom stereocenters. The molecule has 0 radical (unpaired) electrons. The van der Waals surface area contributed by atoms with Crippen molar-refractivity contribution in [1.29, 1.82) is 0 Å². The summed E-state index contributed by atoms with van der Waals surface area (Å²) in [6, 6.07) is 0. The van der Waals surface area contributed by atoms with Gasteiger partial charge < -0.3 is 9.84 Å². The van der Waals surface area contributed by atoms with Gasteiger partial charge in [-0.25, -0.2) is 9.18 Å². The summed E-state index contributed by atoms with van der Waals surface area (Å²) in [4.78, 5) is 11.2. The summed E-state index contributed by atoms with van der Waals surface area (Å²) in [5, 5.41) is 9.55. The first-order chi connectivity index (χ1) is 7.46. The van der Waals surface area contributed by atoms with E-state index < -0.39 is 16.7 Å². The van der Waals surface area contributed by atoms with E-state index in [0.717, 1.165) is 19.3 Å². The van der Waals surface area contributed by atoms with Crippen LogP contribution in [0.25, 0.3) is 0 Å². The van der Waals surface area contributed by atoms with Gasteiger partial charge in [-0.05, 0) is 29.3 Å². The fourth-order valence-electron chi connectivity index (χ4n) is 1.31. The molecule has 0 rings (SSSR count). The molecular weight excluding hydrogens is 279 g/mol. The lowest BCUT2D eigenvalue weighted by atomic mass is 10.1. The molecule has 0 amide bonds. The SMILES string of the molecule is CCCCCC[C@H](O)[C@@](F)(Br)C(=O)OCC. The number of esters is 1. The van der Waals surface area contributed by atoms with Crippen LogP contribution >= 0.6 is 15.9 Å². The highest BCUT2D eigenvalue weighted by atomic mass is 79.9. The minimum Gasteiger partial charge on any atom is -0.463 e. The molecule has 5 heteroatoms. The fourth-order valence-corrected chi connectivity index (χ4v) is 1.65. The summed E-state index contributed by atoms with van der Waals surface area (Å²) in [7, 11) is 0. The van der Waals surface area contributed by atoms with Gasteiger partial charge in [0.2, 0.25) is 0 Å². The van der Waals surface area contributed by atoms with Gasteiger partial charge in [-0.2, -0.15) is 0 Å². The van der Waals surface area contributed by atoms with Crippen LogP contribution in [0.4, 0.5) is 4.39 Å². The van der Waals surface area contributed by atoms with Gasteiger partial charge in [-0.3, -0.25) is 0 Å². The van der Waals surface area contributed by atoms with Crippen LogP contribution in [0, 0.1) is 0 Å². The molecular formula is C11H20BrFO3. The average Bonchev–Trinajstić information content (AvgIpc) is 2.24. The van der Waals surface area contributed by atoms with Crippen molar-refractivity contribution in [2.24, 2.45) is 0 Å². The molecule has 3 nitrogen and oxygen atoms in total. The van der Waals surface area contributed by atoms with E-state index in [1.807, 2.05) is 0 Å².